The first kappa shape index (κ1) is 30.7. The highest BCUT2D eigenvalue weighted by Gasteiger charge is 2.48. The Morgan fingerprint density at radius 1 is 0.675 bits per heavy atom. The van der Waals surface area contributed by atoms with Gasteiger partial charge in [0.15, 0.2) is 6.29 Å². The topological polar surface area (TPSA) is 84.8 Å². The van der Waals surface area contributed by atoms with E-state index in [4.69, 9.17) is 32.5 Å². The lowest BCUT2D eigenvalue weighted by Crippen LogP contribution is -2.60. The fraction of sp³-hybridized carbons (Fsp3) is 0.419. The number of aliphatic hydroxyl groups is 1. The maximum Gasteiger partial charge on any atom is 0.335 e. The van der Waals surface area contributed by atoms with E-state index in [1.54, 1.807) is 0 Å². The molecule has 0 aromatic heterocycles. The lowest BCUT2D eigenvalue weighted by Gasteiger charge is -2.44. The van der Waals surface area contributed by atoms with Crippen LogP contribution in [0.15, 0.2) is 91.0 Å². The van der Waals surface area contributed by atoms with Gasteiger partial charge in [-0.3, -0.25) is 4.52 Å². The predicted molar refractivity (Wildman–Crippen MR) is 152 cm³/mol. The fourth-order valence-electron chi connectivity index (χ4n) is 4.29. The molecule has 40 heavy (non-hydrogen) atoms. The third kappa shape index (κ3) is 9.42. The Kier molecular flexibility index (Phi) is 13.0. The van der Waals surface area contributed by atoms with Gasteiger partial charge in [0.2, 0.25) is 0 Å². The highest BCUT2D eigenvalue weighted by molar-refractivity contribution is 7.41. The molecular weight excluding hydrogens is 531 g/mol. The summed E-state index contributed by atoms with van der Waals surface area (Å²) in [6.07, 6.45) is -4.27. The van der Waals surface area contributed by atoms with Crippen molar-refractivity contribution in [2.45, 2.75) is 64.4 Å². The summed E-state index contributed by atoms with van der Waals surface area (Å²) >= 11 is 0. The summed E-state index contributed by atoms with van der Waals surface area (Å²) in [7, 11) is -1.72. The number of aliphatic hydroxyl groups excluding tert-OH is 1. The fourth-order valence-corrected chi connectivity index (χ4v) is 5.25. The van der Waals surface area contributed by atoms with Gasteiger partial charge in [-0.05, 0) is 30.5 Å². The van der Waals surface area contributed by atoms with Crippen molar-refractivity contribution in [1.29, 1.82) is 0 Å². The minimum absolute atomic E-state index is 0.178. The molecule has 5 atom stereocenters. The highest BCUT2D eigenvalue weighted by atomic mass is 31.2. The number of hydrogen-bond acceptors (Lipinski definition) is 8. The molecule has 3 aromatic rings. The van der Waals surface area contributed by atoms with Gasteiger partial charge in [-0.15, -0.1) is 0 Å². The van der Waals surface area contributed by atoms with Gasteiger partial charge in [0.1, 0.15) is 24.4 Å². The molecular formula is C31H39O8P. The van der Waals surface area contributed by atoms with Gasteiger partial charge in [-0.25, -0.2) is 0 Å². The van der Waals surface area contributed by atoms with Crippen LogP contribution in [0, 0.1) is 0 Å². The van der Waals surface area contributed by atoms with Crippen molar-refractivity contribution in [1.82, 2.24) is 0 Å². The summed E-state index contributed by atoms with van der Waals surface area (Å²) < 4.78 is 42.5. The number of benzene rings is 3. The number of hydrogen-bond donors (Lipinski definition) is 1. The van der Waals surface area contributed by atoms with Crippen LogP contribution in [-0.2, 0) is 52.3 Å². The maximum atomic E-state index is 11.7. The summed E-state index contributed by atoms with van der Waals surface area (Å²) in [6.45, 7) is 5.67. The smallest absolute Gasteiger partial charge is 0.335 e. The quantitative estimate of drug-likeness (QED) is 0.217. The normalized spacial score (nSPS) is 22.9. The van der Waals surface area contributed by atoms with Crippen LogP contribution in [0.5, 0.6) is 0 Å². The molecule has 1 saturated heterocycles. The molecule has 0 radical (unpaired) electrons. The average Bonchev–Trinajstić information content (AvgIpc) is 2.98. The SMILES string of the molecule is CCOP(OCC)OC1O[C@H](COCc2ccccc2)[C@@H](OCc2ccccc2)[C@H](O)[C@H]1OCc1ccccc1. The molecule has 1 aliphatic heterocycles. The average molecular weight is 571 g/mol. The monoisotopic (exact) mass is 570 g/mol. The predicted octanol–water partition coefficient (Wildman–Crippen LogP) is 5.78. The largest absolute Gasteiger partial charge is 0.387 e. The summed E-state index contributed by atoms with van der Waals surface area (Å²) in [5.74, 6) is 0. The first-order valence-corrected chi connectivity index (χ1v) is 14.8. The van der Waals surface area contributed by atoms with Crippen molar-refractivity contribution in [2.24, 2.45) is 0 Å². The van der Waals surface area contributed by atoms with Crippen molar-refractivity contribution in [2.75, 3.05) is 19.8 Å². The van der Waals surface area contributed by atoms with E-state index < -0.39 is 39.3 Å². The zero-order chi connectivity index (χ0) is 28.0. The molecule has 9 heteroatoms. The van der Waals surface area contributed by atoms with Gasteiger partial charge in [-0.2, -0.15) is 0 Å². The standard InChI is InChI=1S/C31H39O8P/c1-3-36-40(37-4-2)39-31-30(35-22-26-18-12-7-13-19-26)28(32)29(34-21-25-16-10-6-11-17-25)27(38-31)23-33-20-24-14-8-5-9-15-24/h5-19,27-32H,3-4,20-23H2,1-2H3/t27-,28+,29-,30-,31?/m1/s1. The van der Waals surface area contributed by atoms with Gasteiger partial charge in [0.25, 0.3) is 0 Å². The van der Waals surface area contributed by atoms with E-state index >= 15 is 0 Å². The van der Waals surface area contributed by atoms with Crippen LogP contribution < -0.4 is 0 Å². The molecule has 216 valence electrons. The van der Waals surface area contributed by atoms with E-state index in [-0.39, 0.29) is 13.2 Å². The van der Waals surface area contributed by atoms with Crippen LogP contribution >= 0.6 is 8.60 Å². The third-order valence-electron chi connectivity index (χ3n) is 6.24. The molecule has 1 unspecified atom stereocenters. The molecule has 0 aliphatic carbocycles. The molecule has 1 heterocycles. The van der Waals surface area contributed by atoms with Crippen molar-refractivity contribution >= 4 is 8.60 Å². The Balaban J connectivity index is 1.53. The van der Waals surface area contributed by atoms with Gasteiger partial charge in [0.05, 0.1) is 39.6 Å². The molecule has 1 fully saturated rings. The van der Waals surface area contributed by atoms with Gasteiger partial charge in [-0.1, -0.05) is 91.0 Å². The van der Waals surface area contributed by atoms with Crippen LogP contribution in [0.2, 0.25) is 0 Å². The first-order valence-electron chi connectivity index (χ1n) is 13.7. The van der Waals surface area contributed by atoms with Gasteiger partial charge >= 0.3 is 8.60 Å². The maximum absolute atomic E-state index is 11.7. The molecule has 0 bridgehead atoms. The first-order chi connectivity index (χ1) is 19.7. The molecule has 0 spiro atoms. The number of ether oxygens (including phenoxy) is 4. The Morgan fingerprint density at radius 3 is 1.65 bits per heavy atom. The Labute approximate surface area is 238 Å². The second-order valence-electron chi connectivity index (χ2n) is 9.22. The molecule has 0 saturated carbocycles. The second-order valence-corrected chi connectivity index (χ2v) is 10.4. The van der Waals surface area contributed by atoms with E-state index in [2.05, 4.69) is 0 Å². The Hall–Kier alpha value is -2.23. The third-order valence-corrected chi connectivity index (χ3v) is 7.56. The molecule has 1 N–H and O–H groups in total. The van der Waals surface area contributed by atoms with Crippen molar-refractivity contribution in [3.8, 4) is 0 Å². The molecule has 4 rings (SSSR count). The van der Waals surface area contributed by atoms with E-state index in [0.29, 0.717) is 26.4 Å². The van der Waals surface area contributed by atoms with Gasteiger partial charge < -0.3 is 33.1 Å². The zero-order valence-electron chi connectivity index (χ0n) is 23.0. The highest BCUT2D eigenvalue weighted by Crippen LogP contribution is 2.44. The minimum atomic E-state index is -1.72. The van der Waals surface area contributed by atoms with Gasteiger partial charge in [0, 0.05) is 0 Å². The summed E-state index contributed by atoms with van der Waals surface area (Å²) in [6, 6.07) is 29.4. The molecule has 8 nitrogen and oxygen atoms in total. The molecule has 0 amide bonds. The lowest BCUT2D eigenvalue weighted by atomic mass is 9.98. The van der Waals surface area contributed by atoms with Crippen molar-refractivity contribution in [3.63, 3.8) is 0 Å². The Morgan fingerprint density at radius 2 is 1.15 bits per heavy atom. The summed E-state index contributed by atoms with van der Waals surface area (Å²) in [5.41, 5.74) is 2.98. The number of rotatable bonds is 16. The van der Waals surface area contributed by atoms with E-state index in [1.807, 2.05) is 105 Å². The summed E-state index contributed by atoms with van der Waals surface area (Å²) in [5, 5.41) is 11.7. The van der Waals surface area contributed by atoms with Crippen LogP contribution in [0.25, 0.3) is 0 Å². The van der Waals surface area contributed by atoms with E-state index in [1.165, 1.54) is 0 Å². The van der Waals surface area contributed by atoms with Crippen LogP contribution in [0.4, 0.5) is 0 Å². The minimum Gasteiger partial charge on any atom is -0.387 e. The second kappa shape index (κ2) is 16.9. The van der Waals surface area contributed by atoms with Crippen LogP contribution in [-0.4, -0.2) is 55.6 Å². The summed E-state index contributed by atoms with van der Waals surface area (Å²) in [4.78, 5) is 0. The lowest BCUT2D eigenvalue weighted by molar-refractivity contribution is -0.302. The van der Waals surface area contributed by atoms with E-state index in [9.17, 15) is 5.11 Å². The zero-order valence-corrected chi connectivity index (χ0v) is 23.9. The van der Waals surface area contributed by atoms with Crippen LogP contribution in [0.1, 0.15) is 30.5 Å². The Bertz CT molecular complexity index is 1070. The van der Waals surface area contributed by atoms with E-state index in [0.717, 1.165) is 16.7 Å². The van der Waals surface area contributed by atoms with Crippen molar-refractivity contribution < 1.29 is 37.6 Å². The molecule has 3 aromatic carbocycles. The molecule has 1 aliphatic rings. The van der Waals surface area contributed by atoms with Crippen LogP contribution in [0.3, 0.4) is 0 Å². The van der Waals surface area contributed by atoms with Crippen molar-refractivity contribution in [3.05, 3.63) is 108 Å².